The summed E-state index contributed by atoms with van der Waals surface area (Å²) in [6.07, 6.45) is 1.52. The maximum absolute atomic E-state index is 11.8. The number of carbonyl (C=O) groups excluding carboxylic acids is 2. The van der Waals surface area contributed by atoms with E-state index in [-0.39, 0.29) is 12.7 Å². The molecule has 1 aliphatic rings. The topological polar surface area (TPSA) is 55.8 Å². The molecule has 21 heavy (non-hydrogen) atoms. The van der Waals surface area contributed by atoms with Crippen LogP contribution in [0.15, 0.2) is 24.3 Å². The van der Waals surface area contributed by atoms with Crippen LogP contribution >= 0.6 is 0 Å². The van der Waals surface area contributed by atoms with Crippen molar-refractivity contribution in [3.8, 4) is 5.75 Å². The Labute approximate surface area is 124 Å². The highest BCUT2D eigenvalue weighted by atomic mass is 16.5. The number of hydrogen-bond donors (Lipinski definition) is 0. The Balaban J connectivity index is 1.81. The highest BCUT2D eigenvalue weighted by molar-refractivity contribution is 6.32. The first kappa shape index (κ1) is 15.4. The number of esters is 1. The molecule has 0 radical (unpaired) electrons. The summed E-state index contributed by atoms with van der Waals surface area (Å²) in [6, 6.07) is 7.92. The van der Waals surface area contributed by atoms with Gasteiger partial charge in [-0.2, -0.15) is 0 Å². The molecule has 1 amide bonds. The van der Waals surface area contributed by atoms with Crippen molar-refractivity contribution in [2.24, 2.45) is 0 Å². The number of ether oxygens (including phenoxy) is 2. The summed E-state index contributed by atoms with van der Waals surface area (Å²) < 4.78 is 10.6. The summed E-state index contributed by atoms with van der Waals surface area (Å²) in [7, 11) is 0. The van der Waals surface area contributed by atoms with E-state index in [9.17, 15) is 9.59 Å². The van der Waals surface area contributed by atoms with Crippen molar-refractivity contribution < 1.29 is 19.1 Å². The summed E-state index contributed by atoms with van der Waals surface area (Å²) in [4.78, 5) is 24.7. The molecule has 1 aliphatic heterocycles. The second kappa shape index (κ2) is 7.11. The third kappa shape index (κ3) is 4.21. The van der Waals surface area contributed by atoms with Crippen LogP contribution < -0.4 is 4.74 Å². The van der Waals surface area contributed by atoms with Gasteiger partial charge in [-0.15, -0.1) is 0 Å². The maximum atomic E-state index is 11.8. The molecule has 1 fully saturated rings. The van der Waals surface area contributed by atoms with Gasteiger partial charge in [-0.1, -0.05) is 17.7 Å². The van der Waals surface area contributed by atoms with Crippen LogP contribution in [0.4, 0.5) is 0 Å². The first-order valence-electron chi connectivity index (χ1n) is 7.29. The summed E-state index contributed by atoms with van der Waals surface area (Å²) in [5.74, 6) is -0.475. The molecule has 0 bridgehead atoms. The molecule has 0 atom stereocenters. The summed E-state index contributed by atoms with van der Waals surface area (Å²) in [5, 5.41) is 0. The van der Waals surface area contributed by atoms with E-state index in [0.29, 0.717) is 13.1 Å². The zero-order chi connectivity index (χ0) is 15.2. The molecule has 0 N–H and O–H groups in total. The van der Waals surface area contributed by atoms with Crippen molar-refractivity contribution in [2.75, 3.05) is 19.7 Å². The van der Waals surface area contributed by atoms with E-state index in [2.05, 4.69) is 0 Å². The van der Waals surface area contributed by atoms with E-state index in [1.807, 2.05) is 31.2 Å². The first-order valence-corrected chi connectivity index (χ1v) is 7.29. The van der Waals surface area contributed by atoms with Gasteiger partial charge in [0.2, 0.25) is 0 Å². The van der Waals surface area contributed by atoms with Crippen molar-refractivity contribution in [3.63, 3.8) is 0 Å². The SMILES string of the molecule is CCOC(=O)C(=O)N1CCC(Oc2ccc(C)cc2)CC1. The van der Waals surface area contributed by atoms with Crippen molar-refractivity contribution >= 4 is 11.9 Å². The van der Waals surface area contributed by atoms with Gasteiger partial charge in [0.05, 0.1) is 6.61 Å². The van der Waals surface area contributed by atoms with Crippen molar-refractivity contribution in [1.29, 1.82) is 0 Å². The van der Waals surface area contributed by atoms with E-state index in [1.165, 1.54) is 10.5 Å². The molecule has 0 aliphatic carbocycles. The molecule has 114 valence electrons. The number of likely N-dealkylation sites (tertiary alicyclic amines) is 1. The molecule has 0 saturated carbocycles. The van der Waals surface area contributed by atoms with E-state index in [1.54, 1.807) is 6.92 Å². The fourth-order valence-corrected chi connectivity index (χ4v) is 2.31. The smallest absolute Gasteiger partial charge is 0.397 e. The van der Waals surface area contributed by atoms with Crippen LogP contribution in [0.1, 0.15) is 25.3 Å². The molecule has 1 heterocycles. The number of nitrogens with zero attached hydrogens (tertiary/aromatic N) is 1. The molecule has 1 aromatic carbocycles. The number of hydrogen-bond acceptors (Lipinski definition) is 4. The molecule has 0 unspecified atom stereocenters. The van der Waals surface area contributed by atoms with Crippen LogP contribution in [-0.4, -0.2) is 42.6 Å². The van der Waals surface area contributed by atoms with Crippen molar-refractivity contribution in [1.82, 2.24) is 4.90 Å². The normalized spacial score (nSPS) is 15.6. The fourth-order valence-electron chi connectivity index (χ4n) is 2.31. The minimum atomic E-state index is -0.768. The summed E-state index contributed by atoms with van der Waals surface area (Å²) in [6.45, 7) is 4.98. The predicted molar refractivity (Wildman–Crippen MR) is 78.0 cm³/mol. The van der Waals surface area contributed by atoms with E-state index in [4.69, 9.17) is 9.47 Å². The van der Waals surface area contributed by atoms with Gasteiger partial charge in [-0.25, -0.2) is 4.79 Å². The quantitative estimate of drug-likeness (QED) is 0.631. The van der Waals surface area contributed by atoms with Gasteiger partial charge >= 0.3 is 11.9 Å². The van der Waals surface area contributed by atoms with E-state index in [0.717, 1.165) is 18.6 Å². The highest BCUT2D eigenvalue weighted by Gasteiger charge is 2.28. The number of piperidine rings is 1. The number of rotatable bonds is 3. The van der Waals surface area contributed by atoms with Gasteiger partial charge < -0.3 is 14.4 Å². The van der Waals surface area contributed by atoms with Crippen LogP contribution in [-0.2, 0) is 14.3 Å². The number of aryl methyl sites for hydroxylation is 1. The standard InChI is InChI=1S/C16H21NO4/c1-3-20-16(19)15(18)17-10-8-14(9-11-17)21-13-6-4-12(2)5-7-13/h4-7,14H,3,8-11H2,1-2H3. The Hall–Kier alpha value is -2.04. The zero-order valence-electron chi connectivity index (χ0n) is 12.5. The molecule has 1 saturated heterocycles. The molecule has 0 spiro atoms. The van der Waals surface area contributed by atoms with Gasteiger partial charge in [-0.05, 0) is 26.0 Å². The monoisotopic (exact) mass is 291 g/mol. The predicted octanol–water partition coefficient (Wildman–Crippen LogP) is 1.93. The summed E-state index contributed by atoms with van der Waals surface area (Å²) in [5.41, 5.74) is 1.19. The zero-order valence-corrected chi connectivity index (χ0v) is 12.5. The molecular formula is C16H21NO4. The second-order valence-electron chi connectivity index (χ2n) is 5.14. The maximum Gasteiger partial charge on any atom is 0.397 e. The average Bonchev–Trinajstić information content (AvgIpc) is 2.50. The van der Waals surface area contributed by atoms with Crippen LogP contribution in [0.25, 0.3) is 0 Å². The lowest BCUT2D eigenvalue weighted by molar-refractivity contribution is -0.160. The Bertz CT molecular complexity index is 490. The third-order valence-electron chi connectivity index (χ3n) is 3.50. The highest BCUT2D eigenvalue weighted by Crippen LogP contribution is 2.19. The van der Waals surface area contributed by atoms with Gasteiger partial charge in [-0.3, -0.25) is 4.79 Å². The first-order chi connectivity index (χ1) is 10.1. The van der Waals surface area contributed by atoms with Crippen LogP contribution in [0, 0.1) is 6.92 Å². The lowest BCUT2D eigenvalue weighted by Crippen LogP contribution is -2.45. The van der Waals surface area contributed by atoms with Crippen molar-refractivity contribution in [3.05, 3.63) is 29.8 Å². The number of carbonyl (C=O) groups is 2. The molecule has 5 heteroatoms. The second-order valence-corrected chi connectivity index (χ2v) is 5.14. The Morgan fingerprint density at radius 1 is 1.19 bits per heavy atom. The Morgan fingerprint density at radius 2 is 1.81 bits per heavy atom. The lowest BCUT2D eigenvalue weighted by Gasteiger charge is -2.31. The van der Waals surface area contributed by atoms with E-state index < -0.39 is 11.9 Å². The van der Waals surface area contributed by atoms with Crippen molar-refractivity contribution in [2.45, 2.75) is 32.8 Å². The average molecular weight is 291 g/mol. The van der Waals surface area contributed by atoms with Crippen LogP contribution in [0.2, 0.25) is 0 Å². The van der Waals surface area contributed by atoms with E-state index >= 15 is 0 Å². The fraction of sp³-hybridized carbons (Fsp3) is 0.500. The number of amides is 1. The minimum absolute atomic E-state index is 0.0824. The van der Waals surface area contributed by atoms with Gasteiger partial charge in [0, 0.05) is 25.9 Å². The molecular weight excluding hydrogens is 270 g/mol. The molecule has 1 aromatic rings. The minimum Gasteiger partial charge on any atom is -0.490 e. The Kier molecular flexibility index (Phi) is 5.20. The molecule has 5 nitrogen and oxygen atoms in total. The molecule has 2 rings (SSSR count). The third-order valence-corrected chi connectivity index (χ3v) is 3.50. The number of benzene rings is 1. The largest absolute Gasteiger partial charge is 0.490 e. The summed E-state index contributed by atoms with van der Waals surface area (Å²) >= 11 is 0. The Morgan fingerprint density at radius 3 is 2.38 bits per heavy atom. The van der Waals surface area contributed by atoms with Gasteiger partial charge in [0.15, 0.2) is 0 Å². The lowest BCUT2D eigenvalue weighted by atomic mass is 10.1. The van der Waals surface area contributed by atoms with Crippen LogP contribution in [0.3, 0.4) is 0 Å². The molecule has 0 aromatic heterocycles. The van der Waals surface area contributed by atoms with Gasteiger partial charge in [0.1, 0.15) is 11.9 Å². The van der Waals surface area contributed by atoms with Crippen LogP contribution in [0.5, 0.6) is 5.75 Å². The van der Waals surface area contributed by atoms with Gasteiger partial charge in [0.25, 0.3) is 0 Å².